The molecule has 2 aromatic carbocycles. The highest BCUT2D eigenvalue weighted by atomic mass is 32.2. The third-order valence-corrected chi connectivity index (χ3v) is 7.62. The molecule has 180 valence electrons. The first-order valence-electron chi connectivity index (χ1n) is 11.5. The average Bonchev–Trinajstić information content (AvgIpc) is 3.22. The van der Waals surface area contributed by atoms with E-state index in [0.29, 0.717) is 24.9 Å². The Kier molecular flexibility index (Phi) is 5.62. The second-order valence-electron chi connectivity index (χ2n) is 8.86. The molecule has 2 fully saturated rings. The summed E-state index contributed by atoms with van der Waals surface area (Å²) in [5, 5.41) is 7.48. The monoisotopic (exact) mass is 491 g/mol. The summed E-state index contributed by atoms with van der Waals surface area (Å²) in [7, 11) is 1.65. The standard InChI is InChI=1S/C25H25N5O4S/c1-33-17-8-19-20(27-9-17)3-2-4-22(19)29-11-15(12-29)26-10-18-13-30(25(32)34-18)16-5-6-23-21(7-16)28-24(31)14-35-23/h2-9,15,18,26H,10-14H2,1H3,(H,28,31). The molecule has 4 heterocycles. The van der Waals surface area contributed by atoms with Gasteiger partial charge in [-0.1, -0.05) is 6.07 Å². The highest BCUT2D eigenvalue weighted by molar-refractivity contribution is 8.00. The van der Waals surface area contributed by atoms with Crippen LogP contribution in [-0.4, -0.2) is 68.2 Å². The number of thioether (sulfide) groups is 1. The number of nitrogens with zero attached hydrogens (tertiary/aromatic N) is 3. The molecule has 1 unspecified atom stereocenters. The smallest absolute Gasteiger partial charge is 0.414 e. The summed E-state index contributed by atoms with van der Waals surface area (Å²) in [5.74, 6) is 1.13. The number of pyridine rings is 1. The first-order valence-corrected chi connectivity index (χ1v) is 12.5. The van der Waals surface area contributed by atoms with Crippen LogP contribution in [0.4, 0.5) is 21.9 Å². The minimum atomic E-state index is -0.362. The van der Waals surface area contributed by atoms with Gasteiger partial charge in [-0.15, -0.1) is 11.8 Å². The van der Waals surface area contributed by atoms with Gasteiger partial charge in [0.25, 0.3) is 0 Å². The van der Waals surface area contributed by atoms with Crippen LogP contribution in [0.15, 0.2) is 53.6 Å². The Morgan fingerprint density at radius 3 is 2.94 bits per heavy atom. The number of nitrogens with one attached hydrogen (secondary N) is 2. The van der Waals surface area contributed by atoms with Crippen molar-refractivity contribution in [2.45, 2.75) is 17.0 Å². The number of carbonyl (C=O) groups is 2. The van der Waals surface area contributed by atoms with Crippen molar-refractivity contribution >= 4 is 51.7 Å². The summed E-state index contributed by atoms with van der Waals surface area (Å²) in [6.07, 6.45) is 1.14. The van der Waals surface area contributed by atoms with Gasteiger partial charge in [0, 0.05) is 47.3 Å². The van der Waals surface area contributed by atoms with E-state index in [1.165, 1.54) is 11.8 Å². The lowest BCUT2D eigenvalue weighted by atomic mass is 10.0. The highest BCUT2D eigenvalue weighted by Gasteiger charge is 2.35. The zero-order valence-corrected chi connectivity index (χ0v) is 20.0. The normalized spacial score (nSPS) is 19.9. The Balaban J connectivity index is 1.05. The minimum absolute atomic E-state index is 0.0285. The third-order valence-electron chi connectivity index (χ3n) is 6.55. The first kappa shape index (κ1) is 22.0. The quantitative estimate of drug-likeness (QED) is 0.543. The number of fused-ring (bicyclic) bond motifs is 2. The van der Waals surface area contributed by atoms with Crippen molar-refractivity contribution in [3.63, 3.8) is 0 Å². The largest absolute Gasteiger partial charge is 0.495 e. The Labute approximate surface area is 206 Å². The van der Waals surface area contributed by atoms with Crippen molar-refractivity contribution in [2.24, 2.45) is 0 Å². The van der Waals surface area contributed by atoms with E-state index in [-0.39, 0.29) is 18.1 Å². The number of carbonyl (C=O) groups excluding carboxylic acids is 2. The molecular weight excluding hydrogens is 466 g/mol. The van der Waals surface area contributed by atoms with Crippen LogP contribution >= 0.6 is 11.8 Å². The molecule has 35 heavy (non-hydrogen) atoms. The van der Waals surface area contributed by atoms with Crippen LogP contribution in [0.3, 0.4) is 0 Å². The van der Waals surface area contributed by atoms with Gasteiger partial charge in [-0.2, -0.15) is 0 Å². The Bertz CT molecular complexity index is 1310. The Morgan fingerprint density at radius 1 is 1.20 bits per heavy atom. The summed E-state index contributed by atoms with van der Waals surface area (Å²) in [6, 6.07) is 14.2. The fourth-order valence-corrected chi connectivity index (χ4v) is 5.47. The molecule has 1 atom stereocenters. The molecule has 3 aromatic rings. The molecule has 0 spiro atoms. The fourth-order valence-electron chi connectivity index (χ4n) is 4.68. The molecule has 0 saturated carbocycles. The third kappa shape index (κ3) is 4.23. The zero-order chi connectivity index (χ0) is 23.9. The van der Waals surface area contributed by atoms with Gasteiger partial charge in [-0.3, -0.25) is 14.7 Å². The van der Waals surface area contributed by atoms with Gasteiger partial charge >= 0.3 is 6.09 Å². The van der Waals surface area contributed by atoms with Gasteiger partial charge in [-0.25, -0.2) is 4.79 Å². The van der Waals surface area contributed by atoms with E-state index in [1.54, 1.807) is 18.2 Å². The van der Waals surface area contributed by atoms with Gasteiger partial charge in [0.1, 0.15) is 11.9 Å². The van der Waals surface area contributed by atoms with Crippen LogP contribution < -0.4 is 25.2 Å². The SMILES string of the molecule is COc1cnc2cccc(N3CC(NCC4CN(c5ccc6c(c5)NC(=O)CS6)C(=O)O4)C3)c2c1. The maximum atomic E-state index is 12.5. The number of cyclic esters (lactones) is 1. The first-order chi connectivity index (χ1) is 17.1. The Morgan fingerprint density at radius 2 is 2.09 bits per heavy atom. The number of hydrogen-bond acceptors (Lipinski definition) is 8. The zero-order valence-electron chi connectivity index (χ0n) is 19.2. The summed E-state index contributed by atoms with van der Waals surface area (Å²) >= 11 is 1.50. The predicted octanol–water partition coefficient (Wildman–Crippen LogP) is 3.09. The van der Waals surface area contributed by atoms with E-state index >= 15 is 0 Å². The molecule has 2 N–H and O–H groups in total. The number of benzene rings is 2. The van der Waals surface area contributed by atoms with Crippen molar-refractivity contribution in [3.05, 3.63) is 48.7 Å². The van der Waals surface area contributed by atoms with Crippen LogP contribution in [0.2, 0.25) is 0 Å². The van der Waals surface area contributed by atoms with Crippen molar-refractivity contribution < 1.29 is 19.1 Å². The molecule has 0 aliphatic carbocycles. The second kappa shape index (κ2) is 8.94. The second-order valence-corrected chi connectivity index (χ2v) is 9.88. The number of methoxy groups -OCH3 is 1. The molecule has 1 aromatic heterocycles. The number of hydrogen-bond donors (Lipinski definition) is 2. The molecule has 2 saturated heterocycles. The van der Waals surface area contributed by atoms with E-state index < -0.39 is 0 Å². The van der Waals surface area contributed by atoms with Crippen molar-refractivity contribution in [1.29, 1.82) is 0 Å². The highest BCUT2D eigenvalue weighted by Crippen LogP contribution is 2.36. The predicted molar refractivity (Wildman–Crippen MR) is 136 cm³/mol. The topological polar surface area (TPSA) is 96.0 Å². The minimum Gasteiger partial charge on any atom is -0.495 e. The van der Waals surface area contributed by atoms with E-state index in [1.807, 2.05) is 36.4 Å². The molecule has 2 amide bonds. The molecule has 0 bridgehead atoms. The number of amides is 2. The van der Waals surface area contributed by atoms with E-state index in [2.05, 4.69) is 26.6 Å². The lowest BCUT2D eigenvalue weighted by Crippen LogP contribution is -2.59. The number of rotatable bonds is 6. The van der Waals surface area contributed by atoms with Crippen LogP contribution in [-0.2, 0) is 9.53 Å². The van der Waals surface area contributed by atoms with Crippen molar-refractivity contribution in [2.75, 3.05) is 54.2 Å². The summed E-state index contributed by atoms with van der Waals surface area (Å²) < 4.78 is 11.0. The maximum Gasteiger partial charge on any atom is 0.414 e. The van der Waals surface area contributed by atoms with Crippen LogP contribution in [0.1, 0.15) is 0 Å². The van der Waals surface area contributed by atoms with Gasteiger partial charge in [0.05, 0.1) is 36.8 Å². The molecule has 6 rings (SSSR count). The van der Waals surface area contributed by atoms with Gasteiger partial charge in [0.2, 0.25) is 5.91 Å². The molecule has 10 heteroatoms. The lowest BCUT2D eigenvalue weighted by molar-refractivity contribution is -0.113. The molecular formula is C25H25N5O4S. The fraction of sp³-hybridized carbons (Fsp3) is 0.320. The van der Waals surface area contributed by atoms with Crippen LogP contribution in [0.5, 0.6) is 5.75 Å². The molecule has 3 aliphatic heterocycles. The molecule has 3 aliphatic rings. The molecule has 9 nitrogen and oxygen atoms in total. The van der Waals surface area contributed by atoms with Crippen LogP contribution in [0, 0.1) is 0 Å². The van der Waals surface area contributed by atoms with Gasteiger partial charge in [-0.05, 0) is 36.4 Å². The lowest BCUT2D eigenvalue weighted by Gasteiger charge is -2.42. The summed E-state index contributed by atoms with van der Waals surface area (Å²) in [6.45, 7) is 2.78. The summed E-state index contributed by atoms with van der Waals surface area (Å²) in [5.41, 5.74) is 3.56. The maximum absolute atomic E-state index is 12.5. The van der Waals surface area contributed by atoms with E-state index in [9.17, 15) is 9.59 Å². The number of anilines is 3. The van der Waals surface area contributed by atoms with Crippen molar-refractivity contribution in [3.8, 4) is 5.75 Å². The van der Waals surface area contributed by atoms with Crippen molar-refractivity contribution in [1.82, 2.24) is 10.3 Å². The summed E-state index contributed by atoms with van der Waals surface area (Å²) in [4.78, 5) is 33.7. The van der Waals surface area contributed by atoms with E-state index in [4.69, 9.17) is 9.47 Å². The van der Waals surface area contributed by atoms with Gasteiger partial charge in [0.15, 0.2) is 0 Å². The van der Waals surface area contributed by atoms with E-state index in [0.717, 1.165) is 51.7 Å². The number of ether oxygens (including phenoxy) is 2. The average molecular weight is 492 g/mol. The number of aromatic nitrogens is 1. The van der Waals surface area contributed by atoms with Gasteiger partial charge < -0.3 is 25.0 Å². The Hall–Kier alpha value is -3.50. The van der Waals surface area contributed by atoms with Crippen LogP contribution in [0.25, 0.3) is 10.9 Å². The molecule has 0 radical (unpaired) electrons.